The Kier molecular flexibility index (Phi) is 6.09. The molecule has 13 heteroatoms. The largest absolute Gasteiger partial charge is 0.399 e. The van der Waals surface area contributed by atoms with Gasteiger partial charge in [-0.1, -0.05) is 0 Å². The zero-order valence-corrected chi connectivity index (χ0v) is 21.0. The van der Waals surface area contributed by atoms with Crippen LogP contribution in [0.2, 0.25) is 0 Å². The molecule has 0 spiro atoms. The molecule has 1 fully saturated rings. The maximum atomic E-state index is 11.8. The lowest BCUT2D eigenvalue weighted by Gasteiger charge is -2.33. The number of pyridine rings is 1. The standard InChI is InChI=1S/C22H25N9O2S2/c1-13-26-20(29-22(24)27-13)16-9-14(12-30-5-7-31(8-6-30)35(2,32)33)11-25-19(16)21-28-17-10-15(23)3-4-18(17)34-21/h3-4,9-11H,5-8,12,23H2,1-2H3,(H2,24,26,27,29). The van der Waals surface area contributed by atoms with Gasteiger partial charge in [-0.25, -0.2) is 18.4 Å². The van der Waals surface area contributed by atoms with Crippen molar-refractivity contribution in [2.45, 2.75) is 13.5 Å². The van der Waals surface area contributed by atoms with Crippen LogP contribution in [-0.2, 0) is 16.6 Å². The molecule has 0 saturated carbocycles. The van der Waals surface area contributed by atoms with Crippen molar-refractivity contribution >= 4 is 43.2 Å². The normalized spacial score (nSPS) is 15.6. The summed E-state index contributed by atoms with van der Waals surface area (Å²) in [4.78, 5) is 24.7. The molecule has 0 unspecified atom stereocenters. The van der Waals surface area contributed by atoms with Crippen molar-refractivity contribution in [1.82, 2.24) is 34.1 Å². The van der Waals surface area contributed by atoms with Crippen LogP contribution in [0.5, 0.6) is 0 Å². The van der Waals surface area contributed by atoms with E-state index < -0.39 is 10.0 Å². The molecule has 0 atom stereocenters. The van der Waals surface area contributed by atoms with Crippen molar-refractivity contribution in [3.8, 4) is 22.1 Å². The van der Waals surface area contributed by atoms with E-state index in [9.17, 15) is 8.42 Å². The third kappa shape index (κ3) is 5.07. The topological polar surface area (TPSA) is 157 Å². The van der Waals surface area contributed by atoms with Gasteiger partial charge < -0.3 is 11.5 Å². The molecular formula is C22H25N9O2S2. The SMILES string of the molecule is Cc1nc(N)nc(-c2cc(CN3CCN(S(C)(=O)=O)CC3)cnc2-c2nc3cc(N)ccc3s2)n1. The van der Waals surface area contributed by atoms with Crippen molar-refractivity contribution < 1.29 is 8.42 Å². The number of hydrogen-bond donors (Lipinski definition) is 2. The second-order valence-corrected chi connectivity index (χ2v) is 11.5. The van der Waals surface area contributed by atoms with Crippen LogP contribution in [0.4, 0.5) is 11.6 Å². The molecule has 3 aromatic heterocycles. The lowest BCUT2D eigenvalue weighted by Crippen LogP contribution is -2.47. The van der Waals surface area contributed by atoms with Gasteiger partial charge in [-0.3, -0.25) is 9.88 Å². The fourth-order valence-electron chi connectivity index (χ4n) is 4.08. The predicted octanol–water partition coefficient (Wildman–Crippen LogP) is 1.76. The summed E-state index contributed by atoms with van der Waals surface area (Å²) in [6, 6.07) is 7.63. The zero-order valence-electron chi connectivity index (χ0n) is 19.3. The maximum absolute atomic E-state index is 11.8. The van der Waals surface area contributed by atoms with Crippen LogP contribution < -0.4 is 11.5 Å². The summed E-state index contributed by atoms with van der Waals surface area (Å²) < 4.78 is 26.1. The van der Waals surface area contributed by atoms with E-state index in [0.29, 0.717) is 61.3 Å². The molecule has 11 nitrogen and oxygen atoms in total. The van der Waals surface area contributed by atoms with E-state index in [0.717, 1.165) is 20.8 Å². The Morgan fingerprint density at radius 2 is 1.80 bits per heavy atom. The van der Waals surface area contributed by atoms with Gasteiger partial charge >= 0.3 is 0 Å². The van der Waals surface area contributed by atoms with E-state index in [4.69, 9.17) is 21.4 Å². The number of nitrogens with zero attached hydrogens (tertiary/aromatic N) is 7. The average molecular weight is 512 g/mol. The number of fused-ring (bicyclic) bond motifs is 1. The number of piperazine rings is 1. The van der Waals surface area contributed by atoms with E-state index in [1.807, 2.05) is 30.5 Å². The molecule has 4 heterocycles. The highest BCUT2D eigenvalue weighted by molar-refractivity contribution is 7.88. The van der Waals surface area contributed by atoms with Crippen LogP contribution in [0, 0.1) is 6.92 Å². The van der Waals surface area contributed by atoms with Gasteiger partial charge in [0.15, 0.2) is 5.82 Å². The Bertz CT molecular complexity index is 1490. The molecule has 35 heavy (non-hydrogen) atoms. The molecule has 182 valence electrons. The van der Waals surface area contributed by atoms with Gasteiger partial charge in [-0.15, -0.1) is 11.3 Å². The van der Waals surface area contributed by atoms with Gasteiger partial charge in [-0.05, 0) is 36.8 Å². The van der Waals surface area contributed by atoms with Crippen LogP contribution in [0.3, 0.4) is 0 Å². The Morgan fingerprint density at radius 1 is 1.03 bits per heavy atom. The number of benzene rings is 1. The number of hydrogen-bond acceptors (Lipinski definition) is 11. The fourth-order valence-corrected chi connectivity index (χ4v) is 5.87. The maximum Gasteiger partial charge on any atom is 0.223 e. The first-order valence-corrected chi connectivity index (χ1v) is 13.6. The van der Waals surface area contributed by atoms with E-state index >= 15 is 0 Å². The third-order valence-corrected chi connectivity index (χ3v) is 8.12. The fraction of sp³-hybridized carbons (Fsp3) is 0.318. The van der Waals surface area contributed by atoms with Crippen molar-refractivity contribution in [3.05, 3.63) is 41.9 Å². The first-order chi connectivity index (χ1) is 16.7. The number of thiazole rings is 1. The molecule has 1 aromatic carbocycles. The molecule has 0 aliphatic carbocycles. The quantitative estimate of drug-likeness (QED) is 0.378. The van der Waals surface area contributed by atoms with E-state index in [2.05, 4.69) is 19.9 Å². The summed E-state index contributed by atoms with van der Waals surface area (Å²) in [5.41, 5.74) is 15.6. The van der Waals surface area contributed by atoms with Crippen molar-refractivity contribution in [1.29, 1.82) is 0 Å². The predicted molar refractivity (Wildman–Crippen MR) is 137 cm³/mol. The second kappa shape index (κ2) is 9.07. The number of rotatable bonds is 5. The number of nitrogen functional groups attached to an aromatic ring is 2. The smallest absolute Gasteiger partial charge is 0.223 e. The summed E-state index contributed by atoms with van der Waals surface area (Å²) >= 11 is 1.52. The number of aryl methyl sites for hydroxylation is 1. The van der Waals surface area contributed by atoms with Crippen LogP contribution in [0.1, 0.15) is 11.4 Å². The number of aromatic nitrogens is 5. The Hall–Kier alpha value is -3.26. The van der Waals surface area contributed by atoms with Gasteiger partial charge in [0.2, 0.25) is 16.0 Å². The first-order valence-electron chi connectivity index (χ1n) is 11.0. The van der Waals surface area contributed by atoms with Gasteiger partial charge in [0.1, 0.15) is 16.5 Å². The highest BCUT2D eigenvalue weighted by atomic mass is 32.2. The monoisotopic (exact) mass is 511 g/mol. The molecule has 5 rings (SSSR count). The molecule has 1 aliphatic rings. The van der Waals surface area contributed by atoms with Crippen LogP contribution in [-0.4, -0.2) is 75.0 Å². The minimum atomic E-state index is -3.18. The molecule has 0 amide bonds. The van der Waals surface area contributed by atoms with Crippen molar-refractivity contribution in [3.63, 3.8) is 0 Å². The van der Waals surface area contributed by atoms with Crippen LogP contribution in [0.25, 0.3) is 32.3 Å². The Labute approximate surface area is 206 Å². The van der Waals surface area contributed by atoms with Crippen LogP contribution >= 0.6 is 11.3 Å². The van der Waals surface area contributed by atoms with Crippen LogP contribution in [0.15, 0.2) is 30.5 Å². The summed E-state index contributed by atoms with van der Waals surface area (Å²) in [6.45, 7) is 4.60. The van der Waals surface area contributed by atoms with Gasteiger partial charge in [0, 0.05) is 50.2 Å². The molecule has 0 bridgehead atoms. The highest BCUT2D eigenvalue weighted by Crippen LogP contribution is 2.35. The van der Waals surface area contributed by atoms with E-state index in [1.165, 1.54) is 21.9 Å². The third-order valence-electron chi connectivity index (χ3n) is 5.77. The second-order valence-electron chi connectivity index (χ2n) is 8.49. The molecule has 4 N–H and O–H groups in total. The molecule has 1 saturated heterocycles. The lowest BCUT2D eigenvalue weighted by atomic mass is 10.1. The first kappa shape index (κ1) is 23.5. The van der Waals surface area contributed by atoms with Crippen molar-refractivity contribution in [2.24, 2.45) is 0 Å². The molecule has 1 aliphatic heterocycles. The van der Waals surface area contributed by atoms with Gasteiger partial charge in [0.05, 0.1) is 16.5 Å². The molecule has 4 aromatic rings. The molecule has 0 radical (unpaired) electrons. The minimum absolute atomic E-state index is 0.137. The average Bonchev–Trinajstić information content (AvgIpc) is 3.21. The Balaban J connectivity index is 1.51. The number of nitrogens with two attached hydrogens (primary N) is 2. The summed E-state index contributed by atoms with van der Waals surface area (Å²) in [5, 5.41) is 0.727. The summed E-state index contributed by atoms with van der Waals surface area (Å²) in [7, 11) is -3.18. The van der Waals surface area contributed by atoms with E-state index in [-0.39, 0.29) is 5.95 Å². The highest BCUT2D eigenvalue weighted by Gasteiger charge is 2.24. The molecular weight excluding hydrogens is 486 g/mol. The number of anilines is 2. The summed E-state index contributed by atoms with van der Waals surface area (Å²) in [5.74, 6) is 1.08. The van der Waals surface area contributed by atoms with Gasteiger partial charge in [-0.2, -0.15) is 14.3 Å². The van der Waals surface area contributed by atoms with Crippen molar-refractivity contribution in [2.75, 3.05) is 43.9 Å². The zero-order chi connectivity index (χ0) is 24.7. The lowest BCUT2D eigenvalue weighted by molar-refractivity contribution is 0.182. The van der Waals surface area contributed by atoms with E-state index in [1.54, 1.807) is 6.92 Å². The number of sulfonamides is 1. The minimum Gasteiger partial charge on any atom is -0.399 e. The van der Waals surface area contributed by atoms with Gasteiger partial charge in [0.25, 0.3) is 0 Å². The Morgan fingerprint density at radius 3 is 2.51 bits per heavy atom. The summed E-state index contributed by atoms with van der Waals surface area (Å²) in [6.07, 6.45) is 3.07.